The molecule has 2 heterocycles. The lowest BCUT2D eigenvalue weighted by molar-refractivity contribution is -0.113. The lowest BCUT2D eigenvalue weighted by Gasteiger charge is -2.09. The van der Waals surface area contributed by atoms with E-state index in [1.807, 2.05) is 0 Å². The molecule has 0 fully saturated rings. The Hall–Kier alpha value is -2.70. The van der Waals surface area contributed by atoms with E-state index >= 15 is 0 Å². The number of rotatable bonds is 5. The van der Waals surface area contributed by atoms with E-state index in [9.17, 15) is 14.4 Å². The molecule has 6 nitrogen and oxygen atoms in total. The van der Waals surface area contributed by atoms with Crippen LogP contribution in [0, 0.1) is 17.1 Å². The number of thiophene rings is 1. The smallest absolute Gasteiger partial charge is 0.235 e. The Bertz CT molecular complexity index is 1110. The molecule has 0 spiro atoms. The number of amides is 1. The summed E-state index contributed by atoms with van der Waals surface area (Å²) in [5, 5.41) is 21.7. The maximum atomic E-state index is 14.0. The Labute approximate surface area is 175 Å². The molecule has 148 valence electrons. The van der Waals surface area contributed by atoms with Crippen molar-refractivity contribution in [3.05, 3.63) is 46.1 Å². The number of thioether (sulfide) groups is 1. The highest BCUT2D eigenvalue weighted by molar-refractivity contribution is 7.99. The molecular weight excluding hydrogens is 409 g/mol. The average Bonchev–Trinajstić information content (AvgIpc) is 3.26. The van der Waals surface area contributed by atoms with Crippen molar-refractivity contribution in [1.82, 2.24) is 14.8 Å². The van der Waals surface area contributed by atoms with Gasteiger partial charge in [0.25, 0.3) is 0 Å². The van der Waals surface area contributed by atoms with Crippen LogP contribution < -0.4 is 5.32 Å². The Balaban J connectivity index is 1.44. The van der Waals surface area contributed by atoms with Crippen molar-refractivity contribution in [2.75, 3.05) is 11.1 Å². The first-order chi connectivity index (χ1) is 14.1. The zero-order valence-electron chi connectivity index (χ0n) is 15.7. The first kappa shape index (κ1) is 19.6. The molecular formula is C20H18FN5OS2. The first-order valence-electron chi connectivity index (χ1n) is 9.20. The molecule has 0 saturated carbocycles. The number of halogens is 1. The van der Waals surface area contributed by atoms with Gasteiger partial charge in [0.15, 0.2) is 11.0 Å². The van der Waals surface area contributed by atoms with Crippen LogP contribution in [-0.4, -0.2) is 26.4 Å². The SMILES string of the molecule is Cn1c(SCC(=O)Nc2sc3c(c2C#N)CCCC3)nnc1-c1ccccc1F. The number of nitrogens with one attached hydrogen (secondary N) is 1. The summed E-state index contributed by atoms with van der Waals surface area (Å²) in [5.41, 5.74) is 2.06. The predicted molar refractivity (Wildman–Crippen MR) is 111 cm³/mol. The van der Waals surface area contributed by atoms with E-state index in [-0.39, 0.29) is 17.5 Å². The molecule has 1 amide bonds. The zero-order valence-corrected chi connectivity index (χ0v) is 17.4. The molecule has 0 unspecified atom stereocenters. The third-order valence-corrected chi connectivity index (χ3v) is 7.05. The van der Waals surface area contributed by atoms with Crippen molar-refractivity contribution in [3.63, 3.8) is 0 Å². The van der Waals surface area contributed by atoms with Crippen molar-refractivity contribution >= 4 is 34.0 Å². The van der Waals surface area contributed by atoms with Crippen molar-refractivity contribution in [1.29, 1.82) is 5.26 Å². The molecule has 1 aliphatic carbocycles. The number of nitriles is 1. The normalized spacial score (nSPS) is 13.0. The monoisotopic (exact) mass is 427 g/mol. The van der Waals surface area contributed by atoms with E-state index in [0.29, 0.717) is 27.1 Å². The summed E-state index contributed by atoms with van der Waals surface area (Å²) in [6.45, 7) is 0. The maximum Gasteiger partial charge on any atom is 0.235 e. The van der Waals surface area contributed by atoms with E-state index in [0.717, 1.165) is 31.2 Å². The molecule has 0 radical (unpaired) electrons. The van der Waals surface area contributed by atoms with Crippen LogP contribution in [0.25, 0.3) is 11.4 Å². The molecule has 2 aromatic heterocycles. The summed E-state index contributed by atoms with van der Waals surface area (Å²) in [6.07, 6.45) is 4.07. The minimum atomic E-state index is -0.372. The molecule has 0 bridgehead atoms. The number of carbonyl (C=O) groups is 1. The summed E-state index contributed by atoms with van der Waals surface area (Å²) >= 11 is 2.72. The second-order valence-electron chi connectivity index (χ2n) is 6.71. The fraction of sp³-hybridized carbons (Fsp3) is 0.300. The van der Waals surface area contributed by atoms with Gasteiger partial charge in [-0.3, -0.25) is 4.79 Å². The van der Waals surface area contributed by atoms with Gasteiger partial charge >= 0.3 is 0 Å². The standard InChI is InChI=1S/C20H18FN5OS2/c1-26-18(13-7-2-4-8-15(13)21)24-25-20(26)28-11-17(27)23-19-14(10-22)12-6-3-5-9-16(12)29-19/h2,4,7-8H,3,5-6,9,11H2,1H3,(H,23,27). The molecule has 0 atom stereocenters. The lowest BCUT2D eigenvalue weighted by Crippen LogP contribution is -2.14. The second-order valence-corrected chi connectivity index (χ2v) is 8.76. The summed E-state index contributed by atoms with van der Waals surface area (Å²) in [4.78, 5) is 13.7. The third kappa shape index (κ3) is 3.91. The minimum Gasteiger partial charge on any atom is -0.316 e. The number of aryl methyl sites for hydroxylation is 1. The Morgan fingerprint density at radius 2 is 2.14 bits per heavy atom. The molecule has 1 aromatic carbocycles. The van der Waals surface area contributed by atoms with Crippen molar-refractivity contribution in [2.24, 2.45) is 7.05 Å². The van der Waals surface area contributed by atoms with Gasteiger partial charge in [0.1, 0.15) is 16.9 Å². The van der Waals surface area contributed by atoms with E-state index in [1.165, 1.54) is 34.0 Å². The van der Waals surface area contributed by atoms with Gasteiger partial charge in [-0.2, -0.15) is 5.26 Å². The average molecular weight is 428 g/mol. The van der Waals surface area contributed by atoms with Crippen molar-refractivity contribution in [2.45, 2.75) is 30.8 Å². The number of carbonyl (C=O) groups excluding carboxylic acids is 1. The number of fused-ring (bicyclic) bond motifs is 1. The van der Waals surface area contributed by atoms with Crippen LogP contribution in [0.4, 0.5) is 9.39 Å². The van der Waals surface area contributed by atoms with Crippen LogP contribution in [0.1, 0.15) is 28.8 Å². The maximum absolute atomic E-state index is 14.0. The highest BCUT2D eigenvalue weighted by Crippen LogP contribution is 2.37. The van der Waals surface area contributed by atoms with E-state index in [4.69, 9.17) is 0 Å². The second kappa shape index (κ2) is 8.35. The van der Waals surface area contributed by atoms with Gasteiger partial charge in [0.05, 0.1) is 16.9 Å². The number of benzene rings is 1. The van der Waals surface area contributed by atoms with Crippen LogP contribution >= 0.6 is 23.1 Å². The molecule has 1 N–H and O–H groups in total. The van der Waals surface area contributed by atoms with Crippen LogP contribution in [0.3, 0.4) is 0 Å². The van der Waals surface area contributed by atoms with Crippen LogP contribution in [-0.2, 0) is 24.7 Å². The summed E-state index contributed by atoms with van der Waals surface area (Å²) in [5.74, 6) is -0.0522. The summed E-state index contributed by atoms with van der Waals surface area (Å²) in [6, 6.07) is 8.61. The quantitative estimate of drug-likeness (QED) is 0.618. The van der Waals surface area contributed by atoms with Gasteiger partial charge in [-0.25, -0.2) is 4.39 Å². The highest BCUT2D eigenvalue weighted by atomic mass is 32.2. The van der Waals surface area contributed by atoms with Crippen LogP contribution in [0.15, 0.2) is 29.4 Å². The Kier molecular flexibility index (Phi) is 5.65. The molecule has 1 aliphatic rings. The van der Waals surface area contributed by atoms with Crippen LogP contribution in [0.5, 0.6) is 0 Å². The highest BCUT2D eigenvalue weighted by Gasteiger charge is 2.22. The molecule has 4 rings (SSSR count). The van der Waals surface area contributed by atoms with Crippen molar-refractivity contribution < 1.29 is 9.18 Å². The molecule has 3 aromatic rings. The number of nitrogens with zero attached hydrogens (tertiary/aromatic N) is 4. The fourth-order valence-electron chi connectivity index (χ4n) is 3.38. The number of aromatic nitrogens is 3. The number of anilines is 1. The predicted octanol–water partition coefficient (Wildman–Crippen LogP) is 4.16. The minimum absolute atomic E-state index is 0.122. The third-order valence-electron chi connectivity index (χ3n) is 4.82. The summed E-state index contributed by atoms with van der Waals surface area (Å²) in [7, 11) is 1.74. The molecule has 29 heavy (non-hydrogen) atoms. The fourth-order valence-corrected chi connectivity index (χ4v) is 5.35. The number of hydrogen-bond donors (Lipinski definition) is 1. The largest absolute Gasteiger partial charge is 0.316 e. The molecule has 9 heteroatoms. The number of hydrogen-bond acceptors (Lipinski definition) is 6. The summed E-state index contributed by atoms with van der Waals surface area (Å²) < 4.78 is 15.7. The Morgan fingerprint density at radius 1 is 1.34 bits per heavy atom. The first-order valence-corrected chi connectivity index (χ1v) is 11.0. The molecule has 0 saturated heterocycles. The molecule has 0 aliphatic heterocycles. The van der Waals surface area contributed by atoms with E-state index in [2.05, 4.69) is 21.6 Å². The topological polar surface area (TPSA) is 83.6 Å². The van der Waals surface area contributed by atoms with Gasteiger partial charge in [-0.05, 0) is 43.4 Å². The van der Waals surface area contributed by atoms with Crippen LogP contribution in [0.2, 0.25) is 0 Å². The van der Waals surface area contributed by atoms with Crippen molar-refractivity contribution in [3.8, 4) is 17.5 Å². The zero-order chi connectivity index (χ0) is 20.4. The van der Waals surface area contributed by atoms with Gasteiger partial charge < -0.3 is 9.88 Å². The Morgan fingerprint density at radius 3 is 2.93 bits per heavy atom. The van der Waals surface area contributed by atoms with E-state index in [1.54, 1.807) is 29.8 Å². The van der Waals surface area contributed by atoms with Gasteiger partial charge in [-0.15, -0.1) is 21.5 Å². The van der Waals surface area contributed by atoms with Gasteiger partial charge in [0, 0.05) is 11.9 Å². The van der Waals surface area contributed by atoms with Gasteiger partial charge in [-0.1, -0.05) is 23.9 Å². The van der Waals surface area contributed by atoms with Gasteiger partial charge in [0.2, 0.25) is 5.91 Å². The lowest BCUT2D eigenvalue weighted by atomic mass is 9.96. The van der Waals surface area contributed by atoms with E-state index < -0.39 is 0 Å².